The molecular weight excluding hydrogens is 531 g/mol. The Balaban J connectivity index is 1.62. The van der Waals surface area contributed by atoms with Gasteiger partial charge in [0.1, 0.15) is 11.9 Å². The molecule has 0 radical (unpaired) electrons. The molecule has 1 aliphatic carbocycles. The molecule has 6 nitrogen and oxygen atoms in total. The molecule has 10 heteroatoms. The summed E-state index contributed by atoms with van der Waals surface area (Å²) in [5, 5.41) is 12.4. The Morgan fingerprint density at radius 1 is 1.00 bits per heavy atom. The van der Waals surface area contributed by atoms with Gasteiger partial charge in [-0.25, -0.2) is 9.78 Å². The van der Waals surface area contributed by atoms with E-state index in [4.69, 9.17) is 16.6 Å². The van der Waals surface area contributed by atoms with Crippen molar-refractivity contribution in [1.82, 2.24) is 9.55 Å². The van der Waals surface area contributed by atoms with Crippen LogP contribution in [0, 0.1) is 5.92 Å². The molecule has 3 aromatic carbocycles. The molecule has 1 saturated carbocycles. The Labute approximate surface area is 227 Å². The Morgan fingerprint density at radius 3 is 2.36 bits per heavy atom. The predicted octanol–water partition coefficient (Wildman–Crippen LogP) is 7.83. The minimum absolute atomic E-state index is 0.0808. The highest BCUT2D eigenvalue weighted by Crippen LogP contribution is 2.40. The highest BCUT2D eigenvalue weighted by atomic mass is 35.5. The molecule has 1 unspecified atom stereocenters. The number of para-hydroxylation sites is 2. The van der Waals surface area contributed by atoms with Crippen LogP contribution >= 0.6 is 11.6 Å². The molecule has 1 aromatic heterocycles. The van der Waals surface area contributed by atoms with E-state index in [0.717, 1.165) is 49.3 Å². The average molecular weight is 556 g/mol. The third kappa shape index (κ3) is 5.49. The van der Waals surface area contributed by atoms with E-state index in [1.54, 1.807) is 12.1 Å². The molecule has 1 heterocycles. The molecule has 0 saturated heterocycles. The lowest BCUT2D eigenvalue weighted by molar-refractivity contribution is -0.138. The van der Waals surface area contributed by atoms with Crippen molar-refractivity contribution in [3.05, 3.63) is 82.9 Å². The summed E-state index contributed by atoms with van der Waals surface area (Å²) >= 11 is 6.11. The normalized spacial score (nSPS) is 15.3. The molecule has 39 heavy (non-hydrogen) atoms. The highest BCUT2D eigenvalue weighted by molar-refractivity contribution is 6.30. The van der Waals surface area contributed by atoms with Crippen LogP contribution in [0.1, 0.15) is 54.1 Å². The summed E-state index contributed by atoms with van der Waals surface area (Å²) in [5.41, 5.74) is -0.177. The maximum Gasteiger partial charge on any atom is 0.417 e. The number of alkyl halides is 3. The largest absolute Gasteiger partial charge is 0.478 e. The summed E-state index contributed by atoms with van der Waals surface area (Å²) < 4.78 is 42.8. The van der Waals surface area contributed by atoms with Gasteiger partial charge in [-0.2, -0.15) is 13.2 Å². The topological polar surface area (TPSA) is 84.2 Å². The van der Waals surface area contributed by atoms with Gasteiger partial charge in [-0.3, -0.25) is 4.79 Å². The van der Waals surface area contributed by atoms with Crippen LogP contribution in [0.15, 0.2) is 66.7 Å². The van der Waals surface area contributed by atoms with E-state index in [9.17, 15) is 27.9 Å². The Hall–Kier alpha value is -3.85. The maximum atomic E-state index is 14.0. The first kappa shape index (κ1) is 26.7. The van der Waals surface area contributed by atoms with E-state index in [2.05, 4.69) is 5.32 Å². The van der Waals surface area contributed by atoms with Crippen molar-refractivity contribution < 1.29 is 27.9 Å². The van der Waals surface area contributed by atoms with Crippen molar-refractivity contribution in [2.75, 3.05) is 5.32 Å². The van der Waals surface area contributed by atoms with Gasteiger partial charge < -0.3 is 15.0 Å². The first-order valence-corrected chi connectivity index (χ1v) is 13.0. The number of amides is 1. The fraction of sp³-hybridized carbons (Fsp3) is 0.276. The second kappa shape index (κ2) is 10.7. The Bertz CT molecular complexity index is 1530. The van der Waals surface area contributed by atoms with Gasteiger partial charge in [-0.15, -0.1) is 0 Å². The third-order valence-corrected chi connectivity index (χ3v) is 7.42. The van der Waals surface area contributed by atoms with Gasteiger partial charge in [0.15, 0.2) is 0 Å². The van der Waals surface area contributed by atoms with Crippen molar-refractivity contribution in [3.8, 4) is 11.4 Å². The van der Waals surface area contributed by atoms with Crippen LogP contribution in [0.5, 0.6) is 0 Å². The first-order valence-electron chi connectivity index (χ1n) is 12.6. The lowest BCUT2D eigenvalue weighted by atomic mass is 9.83. The summed E-state index contributed by atoms with van der Waals surface area (Å²) in [4.78, 5) is 30.2. The van der Waals surface area contributed by atoms with Crippen molar-refractivity contribution in [3.63, 3.8) is 0 Å². The molecule has 4 aromatic rings. The number of fused-ring (bicyclic) bond motifs is 1. The number of nitrogens with zero attached hydrogens (tertiary/aromatic N) is 2. The van der Waals surface area contributed by atoms with E-state index in [0.29, 0.717) is 22.4 Å². The summed E-state index contributed by atoms with van der Waals surface area (Å²) in [6, 6.07) is 16.5. The molecule has 202 valence electrons. The monoisotopic (exact) mass is 555 g/mol. The molecule has 0 spiro atoms. The molecule has 5 rings (SSSR count). The SMILES string of the molecule is O=C(O)c1ccc(NC(=O)C(C2CCCCC2)n2c(-c3ccc(Cl)cc3)nc3ccccc32)cc1C(F)(F)F. The van der Waals surface area contributed by atoms with E-state index in [1.165, 1.54) is 6.07 Å². The highest BCUT2D eigenvalue weighted by Gasteiger charge is 2.37. The second-order valence-electron chi connectivity index (χ2n) is 9.70. The second-order valence-corrected chi connectivity index (χ2v) is 10.1. The minimum Gasteiger partial charge on any atom is -0.478 e. The van der Waals surface area contributed by atoms with Crippen molar-refractivity contribution in [2.24, 2.45) is 5.92 Å². The number of anilines is 1. The third-order valence-electron chi connectivity index (χ3n) is 7.16. The van der Waals surface area contributed by atoms with Crippen LogP contribution in [0.3, 0.4) is 0 Å². The summed E-state index contributed by atoms with van der Waals surface area (Å²) in [6.07, 6.45) is -0.441. The van der Waals surface area contributed by atoms with Gasteiger partial charge in [-0.1, -0.05) is 43.0 Å². The first-order chi connectivity index (χ1) is 18.6. The number of hydrogen-bond acceptors (Lipinski definition) is 3. The van der Waals surface area contributed by atoms with Gasteiger partial charge in [0.05, 0.1) is 22.2 Å². The number of carboxylic acids is 1. The molecule has 2 N–H and O–H groups in total. The number of imidazole rings is 1. The van der Waals surface area contributed by atoms with E-state index in [1.807, 2.05) is 41.0 Å². The van der Waals surface area contributed by atoms with E-state index < -0.39 is 35.2 Å². The number of nitrogens with one attached hydrogen (secondary N) is 1. The zero-order valence-electron chi connectivity index (χ0n) is 20.7. The standard InChI is InChI=1S/C29H25ClF3N3O3/c30-19-12-10-18(11-13-19)26-35-23-8-4-5-9-24(23)36(26)25(17-6-2-1-3-7-17)27(37)34-20-14-15-21(28(38)39)22(16-20)29(31,32)33/h4-5,8-17,25H,1-3,6-7H2,(H,34,37)(H,38,39). The predicted molar refractivity (Wildman–Crippen MR) is 143 cm³/mol. The van der Waals surface area contributed by atoms with Gasteiger partial charge in [0, 0.05) is 16.3 Å². The Kier molecular flexibility index (Phi) is 7.36. The van der Waals surface area contributed by atoms with Crippen LogP contribution in [0.4, 0.5) is 18.9 Å². The number of aromatic carboxylic acids is 1. The number of carbonyl (C=O) groups excluding carboxylic acids is 1. The lowest BCUT2D eigenvalue weighted by Crippen LogP contribution is -2.33. The smallest absolute Gasteiger partial charge is 0.417 e. The quantitative estimate of drug-likeness (QED) is 0.254. The van der Waals surface area contributed by atoms with Crippen LogP contribution in [0.25, 0.3) is 22.4 Å². The van der Waals surface area contributed by atoms with Crippen molar-refractivity contribution >= 4 is 40.2 Å². The van der Waals surface area contributed by atoms with Gasteiger partial charge >= 0.3 is 12.1 Å². The van der Waals surface area contributed by atoms with Gasteiger partial charge in [0.25, 0.3) is 0 Å². The number of carbonyl (C=O) groups is 2. The fourth-order valence-corrected chi connectivity index (χ4v) is 5.51. The summed E-state index contributed by atoms with van der Waals surface area (Å²) in [7, 11) is 0. The zero-order valence-corrected chi connectivity index (χ0v) is 21.5. The Morgan fingerprint density at radius 2 is 1.69 bits per heavy atom. The molecule has 0 aliphatic heterocycles. The van der Waals surface area contributed by atoms with Gasteiger partial charge in [-0.05, 0) is 73.4 Å². The zero-order chi connectivity index (χ0) is 27.7. The van der Waals surface area contributed by atoms with Crippen LogP contribution in [-0.2, 0) is 11.0 Å². The van der Waals surface area contributed by atoms with Crippen molar-refractivity contribution in [2.45, 2.75) is 44.3 Å². The molecule has 1 atom stereocenters. The van der Waals surface area contributed by atoms with E-state index in [-0.39, 0.29) is 11.6 Å². The summed E-state index contributed by atoms with van der Waals surface area (Å²) in [6.45, 7) is 0. The summed E-state index contributed by atoms with van der Waals surface area (Å²) in [5.74, 6) is -1.71. The molecular formula is C29H25ClF3N3O3. The number of hydrogen-bond donors (Lipinski definition) is 2. The van der Waals surface area contributed by atoms with Crippen molar-refractivity contribution in [1.29, 1.82) is 0 Å². The molecule has 1 fully saturated rings. The lowest BCUT2D eigenvalue weighted by Gasteiger charge is -2.32. The number of rotatable bonds is 6. The number of benzene rings is 3. The number of carboxylic acid groups (broad SMARTS) is 1. The fourth-order valence-electron chi connectivity index (χ4n) is 5.38. The van der Waals surface area contributed by atoms with Crippen LogP contribution in [-0.4, -0.2) is 26.5 Å². The number of aromatic nitrogens is 2. The molecule has 1 aliphatic rings. The van der Waals surface area contributed by atoms with Gasteiger partial charge in [0.2, 0.25) is 5.91 Å². The number of halogens is 4. The average Bonchev–Trinajstić information content (AvgIpc) is 3.28. The molecule has 1 amide bonds. The minimum atomic E-state index is -4.90. The van der Waals surface area contributed by atoms with Crippen LogP contribution < -0.4 is 5.32 Å². The maximum absolute atomic E-state index is 14.0. The molecule has 0 bridgehead atoms. The van der Waals surface area contributed by atoms with E-state index >= 15 is 0 Å². The van der Waals surface area contributed by atoms with Crippen LogP contribution in [0.2, 0.25) is 5.02 Å².